The number of hydrazone groups is 1. The van der Waals surface area contributed by atoms with Crippen LogP contribution in [0.3, 0.4) is 0 Å². The summed E-state index contributed by atoms with van der Waals surface area (Å²) in [5, 5.41) is 6.74. The van der Waals surface area contributed by atoms with E-state index in [4.69, 9.17) is 28.4 Å². The van der Waals surface area contributed by atoms with Gasteiger partial charge in [0.2, 0.25) is 5.13 Å². The number of unbranched alkanes of at least 4 members (excludes halogenated alkanes) is 6. The fraction of sp³-hybridized carbons (Fsp3) is 0.240. The zero-order valence-corrected chi connectivity index (χ0v) is 36.1. The third-order valence-electron chi connectivity index (χ3n) is 9.63. The number of anilines is 1. The largest absolute Gasteiger partial charge is 0.494 e. The molecule has 0 fully saturated rings. The number of fused-ring (bicyclic) bond motifs is 2. The molecule has 1 heterocycles. The Morgan fingerprint density at radius 3 is 1.83 bits per heavy atom. The minimum atomic E-state index is -0.624. The van der Waals surface area contributed by atoms with Crippen LogP contribution < -0.4 is 24.4 Å². The van der Waals surface area contributed by atoms with E-state index in [1.165, 1.54) is 41.8 Å². The van der Waals surface area contributed by atoms with Gasteiger partial charge in [0, 0.05) is 17.7 Å². The summed E-state index contributed by atoms with van der Waals surface area (Å²) >= 11 is 1.46. The molecule has 13 nitrogen and oxygen atoms in total. The molecule has 64 heavy (non-hydrogen) atoms. The second-order valence-electron chi connectivity index (χ2n) is 14.4. The first-order valence-corrected chi connectivity index (χ1v) is 21.8. The van der Waals surface area contributed by atoms with E-state index < -0.39 is 23.9 Å². The monoisotopic (exact) mass is 883 g/mol. The van der Waals surface area contributed by atoms with Gasteiger partial charge in [-0.25, -0.2) is 24.2 Å². The van der Waals surface area contributed by atoms with Crippen LogP contribution in [-0.4, -0.2) is 61.5 Å². The van der Waals surface area contributed by atoms with Crippen molar-refractivity contribution in [2.24, 2.45) is 5.10 Å². The predicted octanol–water partition coefficient (Wildman–Crippen LogP) is 10.7. The van der Waals surface area contributed by atoms with E-state index in [2.05, 4.69) is 28.7 Å². The van der Waals surface area contributed by atoms with Crippen LogP contribution in [-0.2, 0) is 19.1 Å². The van der Waals surface area contributed by atoms with Gasteiger partial charge in [-0.15, -0.1) is 0 Å². The molecule has 0 saturated heterocycles. The van der Waals surface area contributed by atoms with Crippen molar-refractivity contribution in [1.29, 1.82) is 0 Å². The Morgan fingerprint density at radius 1 is 0.594 bits per heavy atom. The summed E-state index contributed by atoms with van der Waals surface area (Å²) in [5.41, 5.74) is 4.91. The van der Waals surface area contributed by atoms with Crippen molar-refractivity contribution in [2.45, 2.75) is 51.4 Å². The van der Waals surface area contributed by atoms with E-state index in [1.807, 2.05) is 48.5 Å². The van der Waals surface area contributed by atoms with Crippen LogP contribution in [0.2, 0.25) is 0 Å². The third-order valence-corrected chi connectivity index (χ3v) is 10.6. The number of aromatic nitrogens is 1. The number of ether oxygens (including phenoxy) is 6. The van der Waals surface area contributed by atoms with Crippen LogP contribution in [0.15, 0.2) is 134 Å². The number of carbonyl (C=O) groups is 4. The van der Waals surface area contributed by atoms with Gasteiger partial charge in [0.05, 0.1) is 54.0 Å². The van der Waals surface area contributed by atoms with Gasteiger partial charge in [0.15, 0.2) is 0 Å². The molecule has 0 radical (unpaired) electrons. The van der Waals surface area contributed by atoms with Gasteiger partial charge in [-0.05, 0) is 141 Å². The minimum Gasteiger partial charge on any atom is -0.494 e. The molecule has 6 rings (SSSR count). The summed E-state index contributed by atoms with van der Waals surface area (Å²) in [6.45, 7) is 8.54. The summed E-state index contributed by atoms with van der Waals surface area (Å²) < 4.78 is 34.4. The molecule has 0 atom stereocenters. The molecule has 0 unspecified atom stereocenters. The maximum absolute atomic E-state index is 13.4. The first-order valence-electron chi connectivity index (χ1n) is 21.0. The van der Waals surface area contributed by atoms with E-state index in [-0.39, 0.29) is 17.1 Å². The minimum absolute atomic E-state index is 0.241. The molecule has 14 heteroatoms. The van der Waals surface area contributed by atoms with E-state index in [0.29, 0.717) is 48.4 Å². The number of nitrogens with zero attached hydrogens (tertiary/aromatic N) is 2. The smallest absolute Gasteiger partial charge is 0.343 e. The van der Waals surface area contributed by atoms with Crippen molar-refractivity contribution in [2.75, 3.05) is 31.9 Å². The highest BCUT2D eigenvalue weighted by atomic mass is 32.1. The number of nitrogens with one attached hydrogen (secondary N) is 1. The molecule has 0 saturated carbocycles. The Labute approximate surface area is 375 Å². The van der Waals surface area contributed by atoms with Crippen LogP contribution in [0.4, 0.5) is 5.13 Å². The molecule has 0 bridgehead atoms. The fourth-order valence-electron chi connectivity index (χ4n) is 6.27. The quantitative estimate of drug-likeness (QED) is 0.0145. The summed E-state index contributed by atoms with van der Waals surface area (Å²) in [6, 6.07) is 30.0. The number of rotatable bonds is 25. The van der Waals surface area contributed by atoms with Crippen molar-refractivity contribution in [3.05, 3.63) is 145 Å². The molecule has 6 aromatic rings. The Kier molecular flexibility index (Phi) is 17.6. The van der Waals surface area contributed by atoms with Crippen LogP contribution in [0.25, 0.3) is 21.0 Å². The van der Waals surface area contributed by atoms with Crippen LogP contribution in [0.1, 0.15) is 77.6 Å². The Morgan fingerprint density at radius 2 is 1.16 bits per heavy atom. The lowest BCUT2D eigenvalue weighted by Gasteiger charge is -2.11. The van der Waals surface area contributed by atoms with Crippen molar-refractivity contribution < 1.29 is 47.6 Å². The highest BCUT2D eigenvalue weighted by Crippen LogP contribution is 2.28. The predicted molar refractivity (Wildman–Crippen MR) is 248 cm³/mol. The molecular weight excluding hydrogens is 835 g/mol. The molecular formula is C50H49N3O10S. The Hall–Kier alpha value is -7.32. The zero-order chi connectivity index (χ0) is 44.9. The van der Waals surface area contributed by atoms with Gasteiger partial charge in [-0.1, -0.05) is 48.8 Å². The normalized spacial score (nSPS) is 10.9. The van der Waals surface area contributed by atoms with Crippen LogP contribution in [0, 0.1) is 0 Å². The standard InChI is InChI=1S/C50H49N3O10S/c1-3-46(54)60-29-13-7-5-11-27-58-41-24-21-36-31-38(18-17-37(36)32-41)49(57)62-40-22-19-35(20-23-40)48(56)63-44-26-25-42(59-28-12-6-8-14-30-61-47(55)4-2)33-39(44)34-51-53-50-52-43-15-9-10-16-45(43)64-50/h3-4,9-10,15-26,31-34H,1-2,5-8,11-14,27-30H2,(H,52,53)/b51-34+. The molecule has 330 valence electrons. The van der Waals surface area contributed by atoms with Crippen molar-refractivity contribution in [3.8, 4) is 23.0 Å². The number of para-hydroxylation sites is 1. The van der Waals surface area contributed by atoms with Gasteiger partial charge in [-0.2, -0.15) is 5.10 Å². The SMILES string of the molecule is C=CC(=O)OCCCCCCOc1ccc(OC(=O)c2ccc(OC(=O)c3ccc4cc(OCCCCCCOC(=O)C=C)ccc4c3)cc2)c(/C=N/Nc2nc3ccccc3s2)c1. The first-order chi connectivity index (χ1) is 31.3. The van der Waals surface area contributed by atoms with E-state index in [9.17, 15) is 19.2 Å². The van der Waals surface area contributed by atoms with Gasteiger partial charge in [0.1, 0.15) is 23.0 Å². The third kappa shape index (κ3) is 14.4. The van der Waals surface area contributed by atoms with Crippen molar-refractivity contribution in [1.82, 2.24) is 4.98 Å². The Balaban J connectivity index is 1.01. The number of carbonyl (C=O) groups excluding carboxylic acids is 4. The van der Waals surface area contributed by atoms with Gasteiger partial charge in [0.25, 0.3) is 0 Å². The van der Waals surface area contributed by atoms with Gasteiger partial charge >= 0.3 is 23.9 Å². The second-order valence-corrected chi connectivity index (χ2v) is 15.4. The lowest BCUT2D eigenvalue weighted by Crippen LogP contribution is -2.11. The molecule has 0 aliphatic heterocycles. The maximum Gasteiger partial charge on any atom is 0.343 e. The topological polar surface area (TPSA) is 161 Å². The molecule has 0 aliphatic rings. The summed E-state index contributed by atoms with van der Waals surface area (Å²) in [6.07, 6.45) is 10.7. The molecule has 5 aromatic carbocycles. The molecule has 0 aliphatic carbocycles. The molecule has 1 aromatic heterocycles. The molecule has 0 amide bonds. The molecule has 0 spiro atoms. The first kappa shape index (κ1) is 46.2. The zero-order valence-electron chi connectivity index (χ0n) is 35.3. The lowest BCUT2D eigenvalue weighted by molar-refractivity contribution is -0.138. The van der Waals surface area contributed by atoms with Crippen LogP contribution in [0.5, 0.6) is 23.0 Å². The average molecular weight is 884 g/mol. The average Bonchev–Trinajstić information content (AvgIpc) is 3.74. The van der Waals surface area contributed by atoms with E-state index in [1.54, 1.807) is 30.3 Å². The van der Waals surface area contributed by atoms with Gasteiger partial charge in [-0.3, -0.25) is 5.43 Å². The van der Waals surface area contributed by atoms with Crippen molar-refractivity contribution >= 4 is 67.5 Å². The number of esters is 4. The maximum atomic E-state index is 13.4. The number of benzene rings is 5. The lowest BCUT2D eigenvalue weighted by atomic mass is 10.1. The highest BCUT2D eigenvalue weighted by molar-refractivity contribution is 7.22. The van der Waals surface area contributed by atoms with Crippen molar-refractivity contribution in [3.63, 3.8) is 0 Å². The van der Waals surface area contributed by atoms with E-state index >= 15 is 0 Å². The van der Waals surface area contributed by atoms with Gasteiger partial charge < -0.3 is 28.4 Å². The van der Waals surface area contributed by atoms with Crippen LogP contribution >= 0.6 is 11.3 Å². The summed E-state index contributed by atoms with van der Waals surface area (Å²) in [7, 11) is 0. The van der Waals surface area contributed by atoms with E-state index in [0.717, 1.165) is 90.3 Å². The second kappa shape index (κ2) is 24.4. The number of hydrogen-bond donors (Lipinski definition) is 1. The fourth-order valence-corrected chi connectivity index (χ4v) is 7.09. The summed E-state index contributed by atoms with van der Waals surface area (Å²) in [4.78, 5) is 53.4. The highest BCUT2D eigenvalue weighted by Gasteiger charge is 2.15. The number of thiazole rings is 1. The number of hydrogen-bond acceptors (Lipinski definition) is 14. The molecule has 1 N–H and O–H groups in total. The summed E-state index contributed by atoms with van der Waals surface area (Å²) in [5.74, 6) is -0.185. The Bertz CT molecular complexity index is 2550.